The summed E-state index contributed by atoms with van der Waals surface area (Å²) in [4.78, 5) is 4.51. The Morgan fingerprint density at radius 2 is 2.25 bits per heavy atom. The van der Waals surface area contributed by atoms with Crippen molar-refractivity contribution >= 4 is 43.2 Å². The van der Waals surface area contributed by atoms with Gasteiger partial charge in [-0.2, -0.15) is 0 Å². The normalized spacial score (nSPS) is 12.4. The van der Waals surface area contributed by atoms with Crippen LogP contribution < -0.4 is 10.1 Å². The molecule has 0 saturated heterocycles. The third-order valence-corrected chi connectivity index (χ3v) is 5.27. The number of nitrogens with one attached hydrogen (secondary N) is 1. The Kier molecular flexibility index (Phi) is 6.01. The van der Waals surface area contributed by atoms with E-state index in [1.54, 1.807) is 24.6 Å². The van der Waals surface area contributed by atoms with Crippen LogP contribution in [0.2, 0.25) is 0 Å². The van der Waals surface area contributed by atoms with Crippen LogP contribution in [-0.4, -0.2) is 18.6 Å². The maximum absolute atomic E-state index is 5.45. The summed E-state index contributed by atoms with van der Waals surface area (Å²) >= 11 is 8.83. The fourth-order valence-corrected chi connectivity index (χ4v) is 4.89. The lowest BCUT2D eigenvalue weighted by Gasteiger charge is -2.20. The van der Waals surface area contributed by atoms with Crippen molar-refractivity contribution in [2.24, 2.45) is 0 Å². The molecule has 2 aromatic heterocycles. The van der Waals surface area contributed by atoms with Crippen LogP contribution in [0.5, 0.6) is 5.75 Å². The average Bonchev–Trinajstić information content (AvgIpc) is 2.79. The minimum absolute atomic E-state index is 0.0167. The van der Waals surface area contributed by atoms with Crippen molar-refractivity contribution < 1.29 is 4.74 Å². The van der Waals surface area contributed by atoms with Crippen LogP contribution in [0.3, 0.4) is 0 Å². The number of halogens is 2. The lowest BCUT2D eigenvalue weighted by atomic mass is 10.1. The van der Waals surface area contributed by atoms with Gasteiger partial charge in [-0.15, -0.1) is 11.3 Å². The number of hydrogen-bond donors (Lipinski definition) is 1. The number of aromatic nitrogens is 1. The molecule has 108 valence electrons. The first-order valence-corrected chi connectivity index (χ1v) is 8.74. The van der Waals surface area contributed by atoms with E-state index >= 15 is 0 Å². The summed E-state index contributed by atoms with van der Waals surface area (Å²) in [7, 11) is 1.68. The summed E-state index contributed by atoms with van der Waals surface area (Å²) in [6.07, 6.45) is 2.86. The minimum atomic E-state index is 0.0167. The predicted octanol–water partition coefficient (Wildman–Crippen LogP) is 4.77. The molecule has 2 heterocycles. The molecule has 0 radical (unpaired) electrons. The highest BCUT2D eigenvalue weighted by Crippen LogP contribution is 2.39. The van der Waals surface area contributed by atoms with Gasteiger partial charge in [0.1, 0.15) is 11.4 Å². The number of rotatable bonds is 6. The zero-order chi connectivity index (χ0) is 14.5. The molecule has 6 heteroatoms. The predicted molar refractivity (Wildman–Crippen MR) is 90.6 cm³/mol. The standard InChI is InChI=1S/C14H16Br2N2OS/c1-3-6-17-12(9-8-11(15)20-14(9)16)13-10(19-2)5-4-7-18-13/h4-5,7-8,12,17H,3,6H2,1-2H3. The molecule has 2 rings (SSSR count). The van der Waals surface area contributed by atoms with Crippen LogP contribution in [0.25, 0.3) is 0 Å². The number of methoxy groups -OCH3 is 1. The van der Waals surface area contributed by atoms with Gasteiger partial charge in [-0.1, -0.05) is 6.92 Å². The van der Waals surface area contributed by atoms with E-state index in [2.05, 4.69) is 55.2 Å². The fraction of sp³-hybridized carbons (Fsp3) is 0.357. The van der Waals surface area contributed by atoms with Gasteiger partial charge in [0.15, 0.2) is 0 Å². The molecule has 0 spiro atoms. The third kappa shape index (κ3) is 3.61. The largest absolute Gasteiger partial charge is 0.495 e. The smallest absolute Gasteiger partial charge is 0.142 e. The first-order valence-electron chi connectivity index (χ1n) is 6.34. The third-order valence-electron chi connectivity index (χ3n) is 2.89. The molecule has 1 N–H and O–H groups in total. The molecule has 1 unspecified atom stereocenters. The van der Waals surface area contributed by atoms with Crippen molar-refractivity contribution in [2.45, 2.75) is 19.4 Å². The van der Waals surface area contributed by atoms with E-state index in [0.717, 1.165) is 32.0 Å². The SMILES string of the molecule is CCCNC(c1cc(Br)sc1Br)c1ncccc1OC. The van der Waals surface area contributed by atoms with Crippen molar-refractivity contribution in [1.82, 2.24) is 10.3 Å². The number of hydrogen-bond acceptors (Lipinski definition) is 4. The van der Waals surface area contributed by atoms with Gasteiger partial charge < -0.3 is 10.1 Å². The van der Waals surface area contributed by atoms with Crippen molar-refractivity contribution in [3.05, 3.63) is 43.2 Å². The number of thiophene rings is 1. The van der Waals surface area contributed by atoms with Crippen molar-refractivity contribution in [3.8, 4) is 5.75 Å². The Morgan fingerprint density at radius 1 is 1.45 bits per heavy atom. The van der Waals surface area contributed by atoms with Gasteiger partial charge in [-0.25, -0.2) is 0 Å². The van der Waals surface area contributed by atoms with Gasteiger partial charge in [0, 0.05) is 11.8 Å². The quantitative estimate of drug-likeness (QED) is 0.732. The summed E-state index contributed by atoms with van der Waals surface area (Å²) in [6.45, 7) is 3.07. The zero-order valence-corrected chi connectivity index (χ0v) is 15.3. The molecule has 1 atom stereocenters. The maximum Gasteiger partial charge on any atom is 0.142 e. The number of nitrogens with zero attached hydrogens (tertiary/aromatic N) is 1. The molecule has 20 heavy (non-hydrogen) atoms. The topological polar surface area (TPSA) is 34.2 Å². The summed E-state index contributed by atoms with van der Waals surface area (Å²) in [6, 6.07) is 5.97. The van der Waals surface area contributed by atoms with Gasteiger partial charge >= 0.3 is 0 Å². The Hall–Kier alpha value is -0.430. The van der Waals surface area contributed by atoms with E-state index in [4.69, 9.17) is 4.74 Å². The lowest BCUT2D eigenvalue weighted by molar-refractivity contribution is 0.399. The van der Waals surface area contributed by atoms with E-state index in [0.29, 0.717) is 0 Å². The minimum Gasteiger partial charge on any atom is -0.495 e. The van der Waals surface area contributed by atoms with Crippen LogP contribution in [0, 0.1) is 0 Å². The highest BCUT2D eigenvalue weighted by molar-refractivity contribution is 9.12. The van der Waals surface area contributed by atoms with Crippen LogP contribution in [0.1, 0.15) is 30.6 Å². The molecule has 2 aromatic rings. The van der Waals surface area contributed by atoms with Crippen molar-refractivity contribution in [3.63, 3.8) is 0 Å². The maximum atomic E-state index is 5.45. The Labute approximate surface area is 140 Å². The summed E-state index contributed by atoms with van der Waals surface area (Å²) < 4.78 is 7.65. The molecule has 0 bridgehead atoms. The molecule has 0 amide bonds. The first kappa shape index (κ1) is 15.9. The van der Waals surface area contributed by atoms with Crippen LogP contribution >= 0.6 is 43.2 Å². The van der Waals surface area contributed by atoms with E-state index in [9.17, 15) is 0 Å². The van der Waals surface area contributed by atoms with E-state index < -0.39 is 0 Å². The Morgan fingerprint density at radius 3 is 2.85 bits per heavy atom. The van der Waals surface area contributed by atoms with Crippen molar-refractivity contribution in [2.75, 3.05) is 13.7 Å². The van der Waals surface area contributed by atoms with E-state index in [1.807, 2.05) is 12.1 Å². The van der Waals surface area contributed by atoms with Crippen LogP contribution in [0.15, 0.2) is 32.0 Å². The van der Waals surface area contributed by atoms with Gasteiger partial charge in [-0.3, -0.25) is 4.98 Å². The van der Waals surface area contributed by atoms with E-state index in [-0.39, 0.29) is 6.04 Å². The molecule has 0 aliphatic heterocycles. The van der Waals surface area contributed by atoms with Crippen LogP contribution in [-0.2, 0) is 0 Å². The summed E-state index contributed by atoms with van der Waals surface area (Å²) in [5, 5.41) is 3.54. The fourth-order valence-electron chi connectivity index (χ4n) is 1.98. The van der Waals surface area contributed by atoms with Crippen LogP contribution in [0.4, 0.5) is 0 Å². The molecular formula is C14H16Br2N2OS. The second-order valence-electron chi connectivity index (χ2n) is 4.26. The molecule has 0 saturated carbocycles. The highest BCUT2D eigenvalue weighted by Gasteiger charge is 2.22. The second kappa shape index (κ2) is 7.54. The highest BCUT2D eigenvalue weighted by atomic mass is 79.9. The van der Waals surface area contributed by atoms with Gasteiger partial charge in [-0.05, 0) is 63.0 Å². The summed E-state index contributed by atoms with van der Waals surface area (Å²) in [5.41, 5.74) is 2.08. The molecule has 0 fully saturated rings. The Balaban J connectivity index is 2.44. The van der Waals surface area contributed by atoms with Crippen molar-refractivity contribution in [1.29, 1.82) is 0 Å². The van der Waals surface area contributed by atoms with Gasteiger partial charge in [0.2, 0.25) is 0 Å². The number of pyridine rings is 1. The first-order chi connectivity index (χ1) is 9.67. The van der Waals surface area contributed by atoms with E-state index in [1.165, 1.54) is 5.56 Å². The molecular weight excluding hydrogens is 404 g/mol. The average molecular weight is 420 g/mol. The molecule has 0 aliphatic rings. The lowest BCUT2D eigenvalue weighted by Crippen LogP contribution is -2.24. The Bertz CT molecular complexity index is 574. The molecule has 3 nitrogen and oxygen atoms in total. The van der Waals surface area contributed by atoms with Gasteiger partial charge in [0.05, 0.1) is 20.7 Å². The number of ether oxygens (including phenoxy) is 1. The molecule has 0 aromatic carbocycles. The zero-order valence-electron chi connectivity index (χ0n) is 11.3. The second-order valence-corrected chi connectivity index (χ2v) is 8.01. The summed E-state index contributed by atoms with van der Waals surface area (Å²) in [5.74, 6) is 0.801. The van der Waals surface area contributed by atoms with Gasteiger partial charge in [0.25, 0.3) is 0 Å². The monoisotopic (exact) mass is 418 g/mol. The molecule has 0 aliphatic carbocycles.